The lowest BCUT2D eigenvalue weighted by molar-refractivity contribution is -0.121. The first-order valence-electron chi connectivity index (χ1n) is 9.47. The molecular formula is C22H23N3O4S. The van der Waals surface area contributed by atoms with Crippen molar-refractivity contribution < 1.29 is 17.6 Å². The number of carbonyl (C=O) groups excluding carboxylic acids is 1. The number of hydrazone groups is 1. The number of furan rings is 1. The minimum absolute atomic E-state index is 0.0601. The van der Waals surface area contributed by atoms with E-state index in [1.54, 1.807) is 36.5 Å². The maximum Gasteiger partial charge on any atom is 0.255 e. The lowest BCUT2D eigenvalue weighted by Gasteiger charge is -2.20. The molecule has 7 nitrogen and oxygen atoms in total. The minimum atomic E-state index is -3.88. The van der Waals surface area contributed by atoms with Crippen molar-refractivity contribution in [3.8, 4) is 0 Å². The molecule has 0 spiro atoms. The van der Waals surface area contributed by atoms with Crippen molar-refractivity contribution >= 4 is 22.1 Å². The summed E-state index contributed by atoms with van der Waals surface area (Å²) in [6.07, 6.45) is 4.52. The summed E-state index contributed by atoms with van der Waals surface area (Å²) in [5.74, 6) is -0.0920. The van der Waals surface area contributed by atoms with E-state index >= 15 is 0 Å². The summed E-state index contributed by atoms with van der Waals surface area (Å²) in [4.78, 5) is 12.4. The molecule has 0 aliphatic heterocycles. The van der Waals surface area contributed by atoms with Gasteiger partial charge in [0.1, 0.15) is 5.76 Å². The second-order valence-electron chi connectivity index (χ2n) is 6.54. The number of nitrogens with one attached hydrogen (secondary N) is 1. The minimum Gasteiger partial charge on any atom is -0.468 e. The molecule has 3 aromatic rings. The Balaban J connectivity index is 1.61. The zero-order valence-corrected chi connectivity index (χ0v) is 17.2. The van der Waals surface area contributed by atoms with Gasteiger partial charge < -0.3 is 4.42 Å². The van der Waals surface area contributed by atoms with E-state index < -0.39 is 15.9 Å². The Bertz CT molecular complexity index is 1050. The van der Waals surface area contributed by atoms with Gasteiger partial charge >= 0.3 is 0 Å². The topological polar surface area (TPSA) is 92.0 Å². The van der Waals surface area contributed by atoms with Crippen LogP contribution in [0.2, 0.25) is 0 Å². The third-order valence-corrected chi connectivity index (χ3v) is 6.10. The van der Waals surface area contributed by atoms with Gasteiger partial charge in [0.25, 0.3) is 5.91 Å². The summed E-state index contributed by atoms with van der Waals surface area (Å²) in [5.41, 5.74) is 3.57. The second kappa shape index (κ2) is 10.5. The molecule has 3 rings (SSSR count). The highest BCUT2D eigenvalue weighted by Crippen LogP contribution is 2.18. The fourth-order valence-corrected chi connectivity index (χ4v) is 4.18. The first-order chi connectivity index (χ1) is 14.6. The van der Waals surface area contributed by atoms with Crippen LogP contribution in [0, 0.1) is 0 Å². The van der Waals surface area contributed by atoms with E-state index in [1.807, 2.05) is 30.3 Å². The van der Waals surface area contributed by atoms with Gasteiger partial charge in [-0.05, 0) is 42.7 Å². The fraction of sp³-hybridized carbons (Fsp3) is 0.182. The third-order valence-electron chi connectivity index (χ3n) is 4.30. The van der Waals surface area contributed by atoms with Crippen molar-refractivity contribution in [2.45, 2.75) is 24.3 Å². The molecule has 0 atom stereocenters. The standard InChI is InChI=1S/C22H23N3O4S/c26-22(24-23-15-7-11-19-9-3-1-4-10-19)18-25(17-20-12-8-16-29-20)30(27,28)21-13-5-2-6-14-21/h1-6,8-10,12-16H,7,11,17-18H2,(H,24,26)/b23-15+. The van der Waals surface area contributed by atoms with Crippen LogP contribution in [-0.4, -0.2) is 31.4 Å². The molecule has 1 heterocycles. The SMILES string of the molecule is O=C(CN(Cc1ccco1)S(=O)(=O)c1ccccc1)N/N=C/CCc1ccccc1. The van der Waals surface area contributed by atoms with Crippen molar-refractivity contribution in [3.05, 3.63) is 90.4 Å². The Morgan fingerprint density at radius 2 is 1.70 bits per heavy atom. The van der Waals surface area contributed by atoms with Crippen LogP contribution >= 0.6 is 0 Å². The number of carbonyl (C=O) groups is 1. The van der Waals surface area contributed by atoms with Gasteiger partial charge in [-0.2, -0.15) is 9.41 Å². The molecule has 0 radical (unpaired) electrons. The molecule has 1 N–H and O–H groups in total. The van der Waals surface area contributed by atoms with E-state index in [2.05, 4.69) is 10.5 Å². The molecule has 0 unspecified atom stereocenters. The van der Waals surface area contributed by atoms with Gasteiger partial charge in [-0.3, -0.25) is 4.79 Å². The summed E-state index contributed by atoms with van der Waals surface area (Å²) in [6.45, 7) is -0.441. The second-order valence-corrected chi connectivity index (χ2v) is 8.47. The van der Waals surface area contributed by atoms with Gasteiger partial charge in [0.15, 0.2) is 0 Å². The Kier molecular flexibility index (Phi) is 7.53. The summed E-state index contributed by atoms with van der Waals surface area (Å²) in [5, 5.41) is 3.92. The monoisotopic (exact) mass is 425 g/mol. The van der Waals surface area contributed by atoms with E-state index in [4.69, 9.17) is 4.42 Å². The average Bonchev–Trinajstić information content (AvgIpc) is 3.28. The smallest absolute Gasteiger partial charge is 0.255 e. The molecular weight excluding hydrogens is 402 g/mol. The maximum absolute atomic E-state index is 13.0. The van der Waals surface area contributed by atoms with Crippen molar-refractivity contribution in [3.63, 3.8) is 0 Å². The number of sulfonamides is 1. The highest BCUT2D eigenvalue weighted by Gasteiger charge is 2.27. The number of nitrogens with zero attached hydrogens (tertiary/aromatic N) is 2. The summed E-state index contributed by atoms with van der Waals surface area (Å²) < 4.78 is 32.3. The predicted octanol–water partition coefficient (Wildman–Crippen LogP) is 3.21. The van der Waals surface area contributed by atoms with Crippen molar-refractivity contribution in [2.75, 3.05) is 6.54 Å². The molecule has 0 aliphatic carbocycles. The van der Waals surface area contributed by atoms with Crippen LogP contribution in [0.25, 0.3) is 0 Å². The van der Waals surface area contributed by atoms with Crippen LogP contribution in [-0.2, 0) is 27.8 Å². The number of rotatable bonds is 10. The van der Waals surface area contributed by atoms with Crippen LogP contribution in [0.1, 0.15) is 17.7 Å². The predicted molar refractivity (Wildman–Crippen MR) is 114 cm³/mol. The van der Waals surface area contributed by atoms with E-state index in [0.29, 0.717) is 12.2 Å². The van der Waals surface area contributed by atoms with Crippen molar-refractivity contribution in [1.29, 1.82) is 0 Å². The summed E-state index contributed by atoms with van der Waals surface area (Å²) >= 11 is 0. The number of amides is 1. The molecule has 156 valence electrons. The molecule has 0 aliphatic rings. The molecule has 1 aromatic heterocycles. The zero-order valence-electron chi connectivity index (χ0n) is 16.3. The Hall–Kier alpha value is -3.23. The Labute approximate surface area is 176 Å². The quantitative estimate of drug-likeness (QED) is 0.399. The number of aryl methyl sites for hydroxylation is 1. The molecule has 30 heavy (non-hydrogen) atoms. The van der Waals surface area contributed by atoms with Gasteiger partial charge in [-0.25, -0.2) is 13.8 Å². The number of hydrogen-bond acceptors (Lipinski definition) is 5. The highest BCUT2D eigenvalue weighted by atomic mass is 32.2. The van der Waals surface area contributed by atoms with E-state index in [9.17, 15) is 13.2 Å². The van der Waals surface area contributed by atoms with Gasteiger partial charge in [-0.1, -0.05) is 48.5 Å². The molecule has 0 saturated heterocycles. The summed E-state index contributed by atoms with van der Waals surface area (Å²) in [7, 11) is -3.88. The molecule has 0 fully saturated rings. The van der Waals surface area contributed by atoms with Gasteiger partial charge in [0, 0.05) is 6.21 Å². The number of benzene rings is 2. The summed E-state index contributed by atoms with van der Waals surface area (Å²) in [6, 6.07) is 21.2. The maximum atomic E-state index is 13.0. The third kappa shape index (κ3) is 6.13. The lowest BCUT2D eigenvalue weighted by atomic mass is 10.1. The molecule has 1 amide bonds. The molecule has 8 heteroatoms. The van der Waals surface area contributed by atoms with E-state index in [-0.39, 0.29) is 18.0 Å². The average molecular weight is 426 g/mol. The normalized spacial score (nSPS) is 11.8. The van der Waals surface area contributed by atoms with E-state index in [0.717, 1.165) is 10.7 Å². The molecule has 0 bridgehead atoms. The van der Waals surface area contributed by atoms with Crippen LogP contribution in [0.3, 0.4) is 0 Å². The van der Waals surface area contributed by atoms with Crippen molar-refractivity contribution in [1.82, 2.24) is 9.73 Å². The van der Waals surface area contributed by atoms with Crippen LogP contribution in [0.15, 0.2) is 93.5 Å². The highest BCUT2D eigenvalue weighted by molar-refractivity contribution is 7.89. The van der Waals surface area contributed by atoms with Crippen molar-refractivity contribution in [2.24, 2.45) is 5.10 Å². The van der Waals surface area contributed by atoms with Crippen LogP contribution in [0.5, 0.6) is 0 Å². The van der Waals surface area contributed by atoms with Gasteiger partial charge in [0.05, 0.1) is 24.2 Å². The molecule has 2 aromatic carbocycles. The van der Waals surface area contributed by atoms with Crippen LogP contribution < -0.4 is 5.43 Å². The largest absolute Gasteiger partial charge is 0.468 e. The molecule has 0 saturated carbocycles. The number of hydrogen-bond donors (Lipinski definition) is 1. The van der Waals surface area contributed by atoms with E-state index in [1.165, 1.54) is 24.0 Å². The fourth-order valence-electron chi connectivity index (χ4n) is 2.80. The Morgan fingerprint density at radius 3 is 2.37 bits per heavy atom. The zero-order chi connectivity index (χ0) is 21.2. The lowest BCUT2D eigenvalue weighted by Crippen LogP contribution is -2.38. The first kappa shape index (κ1) is 21.5. The van der Waals surface area contributed by atoms with Crippen LogP contribution in [0.4, 0.5) is 0 Å². The van der Waals surface area contributed by atoms with Gasteiger partial charge in [0.2, 0.25) is 10.0 Å². The first-order valence-corrected chi connectivity index (χ1v) is 10.9. The Morgan fingerprint density at radius 1 is 1.00 bits per heavy atom. The van der Waals surface area contributed by atoms with Gasteiger partial charge in [-0.15, -0.1) is 0 Å².